The van der Waals surface area contributed by atoms with E-state index in [-0.39, 0.29) is 0 Å². The molecule has 2 aromatic carbocycles. The first-order valence-corrected chi connectivity index (χ1v) is 6.56. The zero-order valence-corrected chi connectivity index (χ0v) is 12.0. The Morgan fingerprint density at radius 2 is 1.74 bits per heavy atom. The van der Waals surface area contributed by atoms with Gasteiger partial charge in [-0.1, -0.05) is 42.5 Å². The zero-order valence-electron chi connectivity index (χ0n) is 11.1. The van der Waals surface area contributed by atoms with Crippen molar-refractivity contribution in [1.82, 2.24) is 0 Å². The molecule has 98 valence electrons. The number of nitrogens with two attached hydrogens (primary N) is 1. The van der Waals surface area contributed by atoms with Gasteiger partial charge in [0.15, 0.2) is 0 Å². The number of hydrogen-bond donors (Lipinski definition) is 1. The van der Waals surface area contributed by atoms with Gasteiger partial charge < -0.3 is 10.5 Å². The molecule has 0 aliphatic heterocycles. The summed E-state index contributed by atoms with van der Waals surface area (Å²) in [4.78, 5) is 0.402. The van der Waals surface area contributed by atoms with Gasteiger partial charge >= 0.3 is 0 Å². The Labute approximate surface area is 119 Å². The third-order valence-electron chi connectivity index (χ3n) is 2.87. The SMILES string of the molecule is Cc1cc(C)cc(OCc2ccccc2C(N)=S)c1. The maximum Gasteiger partial charge on any atom is 0.120 e. The molecule has 0 saturated heterocycles. The first-order valence-electron chi connectivity index (χ1n) is 6.15. The van der Waals surface area contributed by atoms with E-state index in [0.29, 0.717) is 11.6 Å². The van der Waals surface area contributed by atoms with Crippen molar-refractivity contribution in [2.45, 2.75) is 20.5 Å². The lowest BCUT2D eigenvalue weighted by Crippen LogP contribution is -2.13. The molecular weight excluding hydrogens is 254 g/mol. The monoisotopic (exact) mass is 271 g/mol. The van der Waals surface area contributed by atoms with Crippen LogP contribution in [-0.4, -0.2) is 4.99 Å². The van der Waals surface area contributed by atoms with Gasteiger partial charge in [0.1, 0.15) is 17.3 Å². The van der Waals surface area contributed by atoms with Gasteiger partial charge in [0, 0.05) is 5.56 Å². The minimum Gasteiger partial charge on any atom is -0.489 e. The van der Waals surface area contributed by atoms with Crippen LogP contribution in [-0.2, 0) is 6.61 Å². The maximum atomic E-state index is 5.83. The summed E-state index contributed by atoms with van der Waals surface area (Å²) in [6.45, 7) is 4.59. The van der Waals surface area contributed by atoms with E-state index in [1.165, 1.54) is 11.1 Å². The first-order chi connectivity index (χ1) is 9.06. The zero-order chi connectivity index (χ0) is 13.8. The quantitative estimate of drug-likeness (QED) is 0.864. The van der Waals surface area contributed by atoms with Crippen LogP contribution < -0.4 is 10.5 Å². The highest BCUT2D eigenvalue weighted by atomic mass is 32.1. The molecule has 0 fully saturated rings. The van der Waals surface area contributed by atoms with E-state index in [9.17, 15) is 0 Å². The van der Waals surface area contributed by atoms with E-state index in [1.54, 1.807) is 0 Å². The van der Waals surface area contributed by atoms with E-state index in [0.717, 1.165) is 16.9 Å². The average Bonchev–Trinajstić information content (AvgIpc) is 2.35. The fourth-order valence-electron chi connectivity index (χ4n) is 2.06. The molecular formula is C16H17NOS. The van der Waals surface area contributed by atoms with Crippen LogP contribution >= 0.6 is 12.2 Å². The van der Waals surface area contributed by atoms with E-state index in [2.05, 4.69) is 19.9 Å². The summed E-state index contributed by atoms with van der Waals surface area (Å²) in [6, 6.07) is 14.0. The van der Waals surface area contributed by atoms with Gasteiger partial charge in [-0.05, 0) is 42.7 Å². The predicted molar refractivity (Wildman–Crippen MR) is 82.6 cm³/mol. The molecule has 2 nitrogen and oxygen atoms in total. The topological polar surface area (TPSA) is 35.2 Å². The normalized spacial score (nSPS) is 10.2. The summed E-state index contributed by atoms with van der Waals surface area (Å²) in [5.74, 6) is 0.871. The highest BCUT2D eigenvalue weighted by molar-refractivity contribution is 7.80. The molecule has 2 N–H and O–H groups in total. The van der Waals surface area contributed by atoms with Crippen molar-refractivity contribution in [3.8, 4) is 5.75 Å². The number of thiocarbonyl (C=S) groups is 1. The van der Waals surface area contributed by atoms with Gasteiger partial charge in [0.25, 0.3) is 0 Å². The van der Waals surface area contributed by atoms with Gasteiger partial charge in [-0.3, -0.25) is 0 Å². The molecule has 0 aliphatic rings. The molecule has 0 saturated carbocycles. The van der Waals surface area contributed by atoms with E-state index in [1.807, 2.05) is 36.4 Å². The van der Waals surface area contributed by atoms with E-state index >= 15 is 0 Å². The minimum atomic E-state index is 0.402. The van der Waals surface area contributed by atoms with Gasteiger partial charge in [0.2, 0.25) is 0 Å². The molecule has 0 heterocycles. The van der Waals surface area contributed by atoms with Gasteiger partial charge in [0.05, 0.1) is 0 Å². The van der Waals surface area contributed by atoms with Crippen molar-refractivity contribution < 1.29 is 4.74 Å². The van der Waals surface area contributed by atoms with Crippen molar-refractivity contribution >= 4 is 17.2 Å². The summed E-state index contributed by atoms with van der Waals surface area (Å²) in [5.41, 5.74) is 9.98. The Bertz CT molecular complexity index is 587. The van der Waals surface area contributed by atoms with Crippen LogP contribution in [0.2, 0.25) is 0 Å². The number of benzene rings is 2. The average molecular weight is 271 g/mol. The summed E-state index contributed by atoms with van der Waals surface area (Å²) in [6.07, 6.45) is 0. The fraction of sp³-hybridized carbons (Fsp3) is 0.188. The summed E-state index contributed by atoms with van der Waals surface area (Å²) >= 11 is 5.04. The van der Waals surface area contributed by atoms with Crippen molar-refractivity contribution in [2.75, 3.05) is 0 Å². The van der Waals surface area contributed by atoms with Crippen molar-refractivity contribution in [1.29, 1.82) is 0 Å². The second kappa shape index (κ2) is 5.85. The predicted octanol–water partition coefficient (Wildman–Crippen LogP) is 3.52. The number of rotatable bonds is 4. The molecule has 0 atom stereocenters. The second-order valence-electron chi connectivity index (χ2n) is 4.63. The Hall–Kier alpha value is -1.87. The van der Waals surface area contributed by atoms with Crippen LogP contribution in [0.5, 0.6) is 5.75 Å². The van der Waals surface area contributed by atoms with Gasteiger partial charge in [-0.25, -0.2) is 0 Å². The molecule has 0 unspecified atom stereocenters. The van der Waals surface area contributed by atoms with Crippen LogP contribution in [0.15, 0.2) is 42.5 Å². The summed E-state index contributed by atoms with van der Waals surface area (Å²) < 4.78 is 5.83. The van der Waals surface area contributed by atoms with E-state index < -0.39 is 0 Å². The summed E-state index contributed by atoms with van der Waals surface area (Å²) in [5, 5.41) is 0. The molecule has 0 spiro atoms. The number of aryl methyl sites for hydroxylation is 2. The third-order valence-corrected chi connectivity index (χ3v) is 3.09. The molecule has 2 rings (SSSR count). The highest BCUT2D eigenvalue weighted by Crippen LogP contribution is 2.18. The van der Waals surface area contributed by atoms with Crippen molar-refractivity contribution in [2.24, 2.45) is 5.73 Å². The van der Waals surface area contributed by atoms with Gasteiger partial charge in [-0.15, -0.1) is 0 Å². The molecule has 2 aromatic rings. The Morgan fingerprint density at radius 3 is 2.37 bits per heavy atom. The Kier molecular flexibility index (Phi) is 4.17. The standard InChI is InChI=1S/C16H17NOS/c1-11-7-12(2)9-14(8-11)18-10-13-5-3-4-6-15(13)16(17)19/h3-9H,10H2,1-2H3,(H2,17,19). The lowest BCUT2D eigenvalue weighted by molar-refractivity contribution is 0.305. The molecule has 0 aromatic heterocycles. The minimum absolute atomic E-state index is 0.402. The smallest absolute Gasteiger partial charge is 0.120 e. The maximum absolute atomic E-state index is 5.83. The lowest BCUT2D eigenvalue weighted by Gasteiger charge is -2.11. The largest absolute Gasteiger partial charge is 0.489 e. The highest BCUT2D eigenvalue weighted by Gasteiger charge is 2.05. The van der Waals surface area contributed by atoms with Crippen LogP contribution in [0.1, 0.15) is 22.3 Å². The van der Waals surface area contributed by atoms with Crippen molar-refractivity contribution in [3.63, 3.8) is 0 Å². The summed E-state index contributed by atoms with van der Waals surface area (Å²) in [7, 11) is 0. The Balaban J connectivity index is 2.16. The molecule has 3 heteroatoms. The molecule has 0 aliphatic carbocycles. The molecule has 0 radical (unpaired) electrons. The fourth-order valence-corrected chi connectivity index (χ4v) is 2.26. The van der Waals surface area contributed by atoms with Crippen LogP contribution in [0.4, 0.5) is 0 Å². The van der Waals surface area contributed by atoms with Crippen LogP contribution in [0, 0.1) is 13.8 Å². The Morgan fingerprint density at radius 1 is 1.11 bits per heavy atom. The van der Waals surface area contributed by atoms with Crippen LogP contribution in [0.3, 0.4) is 0 Å². The molecule has 0 amide bonds. The number of hydrogen-bond acceptors (Lipinski definition) is 2. The van der Waals surface area contributed by atoms with Crippen molar-refractivity contribution in [3.05, 3.63) is 64.7 Å². The molecule has 19 heavy (non-hydrogen) atoms. The van der Waals surface area contributed by atoms with Gasteiger partial charge in [-0.2, -0.15) is 0 Å². The van der Waals surface area contributed by atoms with E-state index in [4.69, 9.17) is 22.7 Å². The lowest BCUT2D eigenvalue weighted by atomic mass is 10.1. The third kappa shape index (κ3) is 3.55. The van der Waals surface area contributed by atoms with Crippen LogP contribution in [0.25, 0.3) is 0 Å². The first kappa shape index (κ1) is 13.6. The number of ether oxygens (including phenoxy) is 1. The second-order valence-corrected chi connectivity index (χ2v) is 5.07. The molecule has 0 bridgehead atoms.